The topological polar surface area (TPSA) is 54.5 Å². The molecule has 3 rings (SSSR count). The van der Waals surface area contributed by atoms with Gasteiger partial charge in [-0.15, -0.1) is 0 Å². The number of sulfone groups is 1. The fraction of sp³-hybridized carbons (Fsp3) is 0.296. The van der Waals surface area contributed by atoms with Gasteiger partial charge in [-0.1, -0.05) is 71.8 Å². The number of likely N-dealkylation sites (N-methyl/N-ethyl adjacent to an activating group) is 1. The molecule has 0 aliphatic carbocycles. The maximum absolute atomic E-state index is 13.4. The lowest BCUT2D eigenvalue weighted by Gasteiger charge is -2.29. The van der Waals surface area contributed by atoms with Crippen molar-refractivity contribution < 1.29 is 13.2 Å². The molecule has 0 aromatic heterocycles. The Labute approximate surface area is 191 Å². The highest BCUT2D eigenvalue weighted by Gasteiger charge is 2.22. The van der Waals surface area contributed by atoms with E-state index in [9.17, 15) is 13.2 Å². The third-order valence-corrected chi connectivity index (χ3v) is 6.51. The number of aryl methyl sites for hydroxylation is 2. The quantitative estimate of drug-likeness (QED) is 0.498. The number of amides is 1. The summed E-state index contributed by atoms with van der Waals surface area (Å²) >= 11 is 0. The molecule has 0 saturated heterocycles. The zero-order valence-corrected chi connectivity index (χ0v) is 20.0. The number of benzene rings is 3. The summed E-state index contributed by atoms with van der Waals surface area (Å²) in [5, 5.41) is 0. The van der Waals surface area contributed by atoms with E-state index in [1.54, 1.807) is 29.2 Å². The summed E-state index contributed by atoms with van der Waals surface area (Å²) in [5.41, 5.74) is 5.90. The van der Waals surface area contributed by atoms with Crippen molar-refractivity contribution in [3.05, 3.63) is 106 Å². The third kappa shape index (κ3) is 6.79. The Morgan fingerprint density at radius 3 is 1.78 bits per heavy atom. The van der Waals surface area contributed by atoms with Crippen molar-refractivity contribution in [2.24, 2.45) is 0 Å². The van der Waals surface area contributed by atoms with Crippen LogP contribution >= 0.6 is 0 Å². The Hall–Kier alpha value is -2.92. The molecule has 32 heavy (non-hydrogen) atoms. The van der Waals surface area contributed by atoms with E-state index in [4.69, 9.17) is 0 Å². The molecular formula is C27H31NO3S. The van der Waals surface area contributed by atoms with Crippen LogP contribution in [-0.2, 0) is 28.4 Å². The Morgan fingerprint density at radius 1 is 0.812 bits per heavy atom. The minimum absolute atomic E-state index is 0.0357. The second-order valence-corrected chi connectivity index (χ2v) is 10.9. The standard InChI is InChI=1S/C27H31NO3S/c1-20-8-12-22(13-9-20)17-26(18-23-14-10-21(2)11-15-23)28(3)27(29)25-7-5-6-24(16-25)19-32(4,30)31/h5-16,26H,17-19H2,1-4H3. The molecule has 168 valence electrons. The van der Waals surface area contributed by atoms with Crippen LogP contribution in [0.1, 0.15) is 38.2 Å². The van der Waals surface area contributed by atoms with E-state index in [0.29, 0.717) is 11.1 Å². The van der Waals surface area contributed by atoms with Gasteiger partial charge in [0.25, 0.3) is 5.91 Å². The summed E-state index contributed by atoms with van der Waals surface area (Å²) in [7, 11) is -1.34. The lowest BCUT2D eigenvalue weighted by Crippen LogP contribution is -2.40. The molecule has 4 nitrogen and oxygen atoms in total. The van der Waals surface area contributed by atoms with Crippen molar-refractivity contribution in [2.45, 2.75) is 38.5 Å². The number of carbonyl (C=O) groups excluding carboxylic acids is 1. The number of hydrogen-bond donors (Lipinski definition) is 0. The molecular weight excluding hydrogens is 418 g/mol. The van der Waals surface area contributed by atoms with Gasteiger partial charge in [0.2, 0.25) is 0 Å². The summed E-state index contributed by atoms with van der Waals surface area (Å²) in [6.07, 6.45) is 2.67. The molecule has 5 heteroatoms. The van der Waals surface area contributed by atoms with Crippen molar-refractivity contribution in [2.75, 3.05) is 13.3 Å². The first kappa shape index (κ1) is 23.7. The SMILES string of the molecule is Cc1ccc(CC(Cc2ccc(C)cc2)N(C)C(=O)c2cccc(CS(C)(=O)=O)c2)cc1. The lowest BCUT2D eigenvalue weighted by molar-refractivity contribution is 0.0730. The van der Waals surface area contributed by atoms with E-state index in [0.717, 1.165) is 12.8 Å². The van der Waals surface area contributed by atoms with Crippen molar-refractivity contribution >= 4 is 15.7 Å². The first-order valence-electron chi connectivity index (χ1n) is 10.8. The normalized spacial score (nSPS) is 11.5. The zero-order chi connectivity index (χ0) is 23.3. The monoisotopic (exact) mass is 449 g/mol. The molecule has 1 amide bonds. The first-order chi connectivity index (χ1) is 15.1. The summed E-state index contributed by atoms with van der Waals surface area (Å²) in [6, 6.07) is 23.7. The molecule has 0 spiro atoms. The lowest BCUT2D eigenvalue weighted by atomic mass is 9.96. The highest BCUT2D eigenvalue weighted by Crippen LogP contribution is 2.18. The zero-order valence-electron chi connectivity index (χ0n) is 19.2. The van der Waals surface area contributed by atoms with Crippen LogP contribution in [0.3, 0.4) is 0 Å². The Morgan fingerprint density at radius 2 is 1.31 bits per heavy atom. The predicted molar refractivity (Wildman–Crippen MR) is 131 cm³/mol. The number of nitrogens with zero attached hydrogens (tertiary/aromatic N) is 1. The van der Waals surface area contributed by atoms with E-state index in [-0.39, 0.29) is 17.7 Å². The molecule has 0 aliphatic heterocycles. The van der Waals surface area contributed by atoms with Crippen molar-refractivity contribution in [3.63, 3.8) is 0 Å². The molecule has 0 bridgehead atoms. The van der Waals surface area contributed by atoms with Gasteiger partial charge in [-0.25, -0.2) is 8.42 Å². The van der Waals surface area contributed by atoms with Crippen molar-refractivity contribution in [3.8, 4) is 0 Å². The minimum Gasteiger partial charge on any atom is -0.338 e. The molecule has 0 aliphatic rings. The van der Waals surface area contributed by atoms with Gasteiger partial charge in [-0.05, 0) is 55.5 Å². The highest BCUT2D eigenvalue weighted by molar-refractivity contribution is 7.89. The molecule has 0 atom stereocenters. The molecule has 3 aromatic carbocycles. The van der Waals surface area contributed by atoms with Gasteiger partial charge in [0.05, 0.1) is 5.75 Å². The molecule has 0 saturated carbocycles. The molecule has 3 aromatic rings. The van der Waals surface area contributed by atoms with Crippen LogP contribution in [0.25, 0.3) is 0 Å². The second kappa shape index (κ2) is 10.1. The van der Waals surface area contributed by atoms with Crippen LogP contribution in [0, 0.1) is 13.8 Å². The van der Waals surface area contributed by atoms with Gasteiger partial charge in [-0.3, -0.25) is 4.79 Å². The predicted octanol–water partition coefficient (Wildman–Crippen LogP) is 4.77. The summed E-state index contributed by atoms with van der Waals surface area (Å²) in [6.45, 7) is 4.12. The smallest absolute Gasteiger partial charge is 0.253 e. The van der Waals surface area contributed by atoms with E-state index < -0.39 is 9.84 Å². The number of carbonyl (C=O) groups is 1. The third-order valence-electron chi connectivity index (χ3n) is 5.65. The average molecular weight is 450 g/mol. The van der Waals surface area contributed by atoms with Crippen LogP contribution in [0.15, 0.2) is 72.8 Å². The fourth-order valence-electron chi connectivity index (χ4n) is 3.80. The van der Waals surface area contributed by atoms with Gasteiger partial charge in [-0.2, -0.15) is 0 Å². The van der Waals surface area contributed by atoms with Crippen LogP contribution in [0.4, 0.5) is 0 Å². The molecule has 0 unspecified atom stereocenters. The van der Waals surface area contributed by atoms with Crippen LogP contribution in [0.5, 0.6) is 0 Å². The minimum atomic E-state index is -3.17. The molecule has 0 fully saturated rings. The summed E-state index contributed by atoms with van der Waals surface area (Å²) < 4.78 is 23.4. The molecule has 0 N–H and O–H groups in total. The van der Waals surface area contributed by atoms with Crippen LogP contribution in [-0.4, -0.2) is 38.6 Å². The second-order valence-electron chi connectivity index (χ2n) is 8.72. The summed E-state index contributed by atoms with van der Waals surface area (Å²) in [4.78, 5) is 15.2. The molecule has 0 heterocycles. The average Bonchev–Trinajstić information content (AvgIpc) is 2.74. The maximum atomic E-state index is 13.4. The van der Waals surface area contributed by atoms with Gasteiger partial charge < -0.3 is 4.90 Å². The van der Waals surface area contributed by atoms with E-state index in [1.807, 2.05) is 7.05 Å². The first-order valence-corrected chi connectivity index (χ1v) is 12.8. The highest BCUT2D eigenvalue weighted by atomic mass is 32.2. The van der Waals surface area contributed by atoms with E-state index in [1.165, 1.54) is 28.5 Å². The van der Waals surface area contributed by atoms with Gasteiger partial charge >= 0.3 is 0 Å². The largest absolute Gasteiger partial charge is 0.338 e. The van der Waals surface area contributed by atoms with Gasteiger partial charge in [0.1, 0.15) is 0 Å². The van der Waals surface area contributed by atoms with Gasteiger partial charge in [0.15, 0.2) is 9.84 Å². The van der Waals surface area contributed by atoms with E-state index >= 15 is 0 Å². The number of rotatable bonds is 8. The fourth-order valence-corrected chi connectivity index (χ4v) is 4.59. The van der Waals surface area contributed by atoms with Gasteiger partial charge in [0, 0.05) is 24.9 Å². The summed E-state index contributed by atoms with van der Waals surface area (Å²) in [5.74, 6) is -0.182. The van der Waals surface area contributed by atoms with Crippen molar-refractivity contribution in [1.29, 1.82) is 0 Å². The Kier molecular flexibility index (Phi) is 7.52. The van der Waals surface area contributed by atoms with Crippen LogP contribution < -0.4 is 0 Å². The Bertz CT molecular complexity index is 1120. The molecule has 0 radical (unpaired) electrons. The van der Waals surface area contributed by atoms with E-state index in [2.05, 4.69) is 62.4 Å². The van der Waals surface area contributed by atoms with Crippen molar-refractivity contribution in [1.82, 2.24) is 4.90 Å². The maximum Gasteiger partial charge on any atom is 0.253 e. The Balaban J connectivity index is 1.86. The number of hydrogen-bond acceptors (Lipinski definition) is 3. The van der Waals surface area contributed by atoms with Crippen LogP contribution in [0.2, 0.25) is 0 Å².